The Hall–Kier alpha value is -3.01. The molecule has 0 aliphatic carbocycles. The van der Waals surface area contributed by atoms with Gasteiger partial charge in [0.25, 0.3) is 5.56 Å². The summed E-state index contributed by atoms with van der Waals surface area (Å²) in [6, 6.07) is 9.10. The predicted octanol–water partition coefficient (Wildman–Crippen LogP) is 1.24. The monoisotopic (exact) mass is 294 g/mol. The van der Waals surface area contributed by atoms with Crippen LogP contribution >= 0.6 is 0 Å². The van der Waals surface area contributed by atoms with E-state index < -0.39 is 0 Å². The van der Waals surface area contributed by atoms with E-state index in [4.69, 9.17) is 5.26 Å². The maximum absolute atomic E-state index is 12.6. The van der Waals surface area contributed by atoms with Crippen molar-refractivity contribution < 1.29 is 0 Å². The van der Waals surface area contributed by atoms with Crippen molar-refractivity contribution in [3.63, 3.8) is 0 Å². The van der Waals surface area contributed by atoms with Crippen LogP contribution in [0.15, 0.2) is 29.1 Å². The fraction of sp³-hybridized carbons (Fsp3) is 0.267. The van der Waals surface area contributed by atoms with Crippen molar-refractivity contribution >= 4 is 11.0 Å². The number of nitrogens with zero attached hydrogens (tertiary/aromatic N) is 6. The lowest BCUT2D eigenvalue weighted by Crippen LogP contribution is -2.26. The summed E-state index contributed by atoms with van der Waals surface area (Å²) in [5, 5.41) is 21.2. The van der Waals surface area contributed by atoms with Gasteiger partial charge in [-0.2, -0.15) is 10.4 Å². The smallest absolute Gasteiger partial charge is 0.265 e. The molecule has 0 unspecified atom stereocenters. The molecule has 2 aromatic heterocycles. The van der Waals surface area contributed by atoms with Crippen LogP contribution in [0, 0.1) is 18.3 Å². The molecule has 0 N–H and O–H groups in total. The molecule has 0 fully saturated rings. The molecule has 2 heterocycles. The lowest BCUT2D eigenvalue weighted by Gasteiger charge is -2.04. The van der Waals surface area contributed by atoms with Crippen LogP contribution in [-0.4, -0.2) is 24.8 Å². The van der Waals surface area contributed by atoms with Crippen LogP contribution in [-0.2, 0) is 13.1 Å². The van der Waals surface area contributed by atoms with Gasteiger partial charge in [-0.05, 0) is 31.5 Å². The summed E-state index contributed by atoms with van der Waals surface area (Å²) < 4.78 is 2.97. The highest BCUT2D eigenvalue weighted by atomic mass is 16.1. The van der Waals surface area contributed by atoms with Gasteiger partial charge in [0.2, 0.25) is 0 Å². The summed E-state index contributed by atoms with van der Waals surface area (Å²) in [5.41, 5.74) is 2.97. The van der Waals surface area contributed by atoms with Crippen LogP contribution in [0.1, 0.15) is 23.7 Å². The normalized spacial score (nSPS) is 10.8. The third kappa shape index (κ3) is 2.24. The lowest BCUT2D eigenvalue weighted by molar-refractivity contribution is 0.592. The van der Waals surface area contributed by atoms with E-state index in [2.05, 4.69) is 21.5 Å². The molecule has 3 aromatic rings. The fourth-order valence-corrected chi connectivity index (χ4v) is 2.35. The summed E-state index contributed by atoms with van der Waals surface area (Å²) in [7, 11) is 0. The number of benzene rings is 1. The summed E-state index contributed by atoms with van der Waals surface area (Å²) in [5.74, 6) is 0. The Labute approximate surface area is 126 Å². The second-order valence-electron chi connectivity index (χ2n) is 4.96. The largest absolute Gasteiger partial charge is 0.296 e. The highest BCUT2D eigenvalue weighted by Crippen LogP contribution is 2.11. The highest BCUT2D eigenvalue weighted by molar-refractivity contribution is 5.75. The minimum Gasteiger partial charge on any atom is -0.265 e. The van der Waals surface area contributed by atoms with Crippen molar-refractivity contribution in [3.05, 3.63) is 51.4 Å². The first kappa shape index (κ1) is 13.9. The molecule has 0 amide bonds. The molecule has 0 saturated heterocycles. The minimum atomic E-state index is -0.211. The summed E-state index contributed by atoms with van der Waals surface area (Å²) >= 11 is 0. The van der Waals surface area contributed by atoms with Gasteiger partial charge in [-0.15, -0.1) is 5.10 Å². The van der Waals surface area contributed by atoms with Crippen molar-refractivity contribution in [2.24, 2.45) is 0 Å². The van der Waals surface area contributed by atoms with Crippen molar-refractivity contribution in [2.75, 3.05) is 0 Å². The Morgan fingerprint density at radius 3 is 2.59 bits per heavy atom. The molecule has 0 saturated carbocycles. The van der Waals surface area contributed by atoms with Crippen molar-refractivity contribution in [3.8, 4) is 6.07 Å². The zero-order valence-corrected chi connectivity index (χ0v) is 12.3. The third-order valence-corrected chi connectivity index (χ3v) is 3.50. The summed E-state index contributed by atoms with van der Waals surface area (Å²) in [4.78, 5) is 12.6. The Bertz CT molecular complexity index is 930. The molecule has 3 rings (SSSR count). The van der Waals surface area contributed by atoms with Gasteiger partial charge in [0.1, 0.15) is 5.52 Å². The summed E-state index contributed by atoms with van der Waals surface area (Å²) in [6.45, 7) is 4.65. The Morgan fingerprint density at radius 2 is 1.95 bits per heavy atom. The molecule has 0 atom stereocenters. The second-order valence-corrected chi connectivity index (χ2v) is 4.96. The molecular formula is C15H14N6O. The number of nitriles is 1. The van der Waals surface area contributed by atoms with E-state index in [9.17, 15) is 4.79 Å². The molecule has 1 aromatic carbocycles. The van der Waals surface area contributed by atoms with Crippen LogP contribution in [0.3, 0.4) is 0 Å². The highest BCUT2D eigenvalue weighted by Gasteiger charge is 2.14. The van der Waals surface area contributed by atoms with Crippen LogP contribution in [0.4, 0.5) is 0 Å². The first-order chi connectivity index (χ1) is 10.6. The first-order valence-electron chi connectivity index (χ1n) is 6.94. The molecule has 0 aliphatic heterocycles. The SMILES string of the molecule is CCn1nc(C)c2nnn(Cc3ccc(C#N)cc3)c(=O)c21. The standard InChI is InChI=1S/C15H14N6O/c1-3-20-14-13(10(2)18-20)17-19-21(15(14)22)9-12-6-4-11(8-16)5-7-12/h4-7H,3,9H2,1-2H3. The lowest BCUT2D eigenvalue weighted by atomic mass is 10.1. The Morgan fingerprint density at radius 1 is 1.23 bits per heavy atom. The van der Waals surface area contributed by atoms with E-state index in [-0.39, 0.29) is 5.56 Å². The molecule has 0 radical (unpaired) electrons. The van der Waals surface area contributed by atoms with E-state index in [1.54, 1.807) is 28.9 Å². The molecule has 22 heavy (non-hydrogen) atoms. The molecule has 7 heteroatoms. The number of aromatic nitrogens is 5. The van der Waals surface area contributed by atoms with Crippen molar-refractivity contribution in [1.29, 1.82) is 5.26 Å². The topological polar surface area (TPSA) is 89.4 Å². The van der Waals surface area contributed by atoms with E-state index in [0.717, 1.165) is 5.56 Å². The molecule has 7 nitrogen and oxygen atoms in total. The maximum atomic E-state index is 12.6. The van der Waals surface area contributed by atoms with Gasteiger partial charge in [0.15, 0.2) is 5.52 Å². The number of fused-ring (bicyclic) bond motifs is 1. The van der Waals surface area contributed by atoms with Gasteiger partial charge >= 0.3 is 0 Å². The van der Waals surface area contributed by atoms with Gasteiger partial charge < -0.3 is 0 Å². The van der Waals surface area contributed by atoms with Crippen molar-refractivity contribution in [1.82, 2.24) is 24.8 Å². The maximum Gasteiger partial charge on any atom is 0.296 e. The van der Waals surface area contributed by atoms with E-state index in [1.165, 1.54) is 4.68 Å². The molecular weight excluding hydrogens is 280 g/mol. The number of rotatable bonds is 3. The molecule has 0 bridgehead atoms. The summed E-state index contributed by atoms with van der Waals surface area (Å²) in [6.07, 6.45) is 0. The first-order valence-corrected chi connectivity index (χ1v) is 6.94. The van der Waals surface area contributed by atoms with Crippen LogP contribution in [0.5, 0.6) is 0 Å². The van der Waals surface area contributed by atoms with E-state index in [1.807, 2.05) is 13.8 Å². The van der Waals surface area contributed by atoms with Gasteiger partial charge in [0, 0.05) is 6.54 Å². The van der Waals surface area contributed by atoms with Gasteiger partial charge in [-0.25, -0.2) is 4.68 Å². The van der Waals surface area contributed by atoms with Gasteiger partial charge in [0.05, 0.1) is 23.9 Å². The van der Waals surface area contributed by atoms with E-state index in [0.29, 0.717) is 35.4 Å². The van der Waals surface area contributed by atoms with E-state index >= 15 is 0 Å². The molecule has 110 valence electrons. The van der Waals surface area contributed by atoms with Gasteiger partial charge in [-0.3, -0.25) is 9.48 Å². The van der Waals surface area contributed by atoms with Crippen LogP contribution < -0.4 is 5.56 Å². The molecule has 0 spiro atoms. The fourth-order valence-electron chi connectivity index (χ4n) is 2.35. The Kier molecular flexibility index (Phi) is 3.43. The number of hydrogen-bond acceptors (Lipinski definition) is 5. The van der Waals surface area contributed by atoms with Gasteiger partial charge in [-0.1, -0.05) is 17.3 Å². The number of hydrogen-bond donors (Lipinski definition) is 0. The number of aryl methyl sites for hydroxylation is 2. The minimum absolute atomic E-state index is 0.211. The van der Waals surface area contributed by atoms with Crippen molar-refractivity contribution in [2.45, 2.75) is 26.9 Å². The third-order valence-electron chi connectivity index (χ3n) is 3.50. The Balaban J connectivity index is 2.06. The predicted molar refractivity (Wildman–Crippen MR) is 80.3 cm³/mol. The quantitative estimate of drug-likeness (QED) is 0.725. The zero-order chi connectivity index (χ0) is 15.7. The van der Waals surface area contributed by atoms with Crippen LogP contribution in [0.2, 0.25) is 0 Å². The average molecular weight is 294 g/mol. The molecule has 0 aliphatic rings. The van der Waals surface area contributed by atoms with Crippen LogP contribution in [0.25, 0.3) is 11.0 Å². The zero-order valence-electron chi connectivity index (χ0n) is 12.3. The average Bonchev–Trinajstić information content (AvgIpc) is 2.87. The second kappa shape index (κ2) is 5.41.